The molecule has 0 aliphatic carbocycles. The summed E-state index contributed by atoms with van der Waals surface area (Å²) < 4.78 is 5.01. The van der Waals surface area contributed by atoms with Crippen LogP contribution in [0, 0.1) is 0 Å². The van der Waals surface area contributed by atoms with Crippen molar-refractivity contribution in [1.82, 2.24) is 0 Å². The number of ether oxygens (including phenoxy) is 1. The molecule has 1 aliphatic rings. The largest absolute Gasteiger partial charge is 0.464 e. The van der Waals surface area contributed by atoms with Crippen LogP contribution in [0.25, 0.3) is 0 Å². The summed E-state index contributed by atoms with van der Waals surface area (Å²) >= 11 is 5.81. The van der Waals surface area contributed by atoms with Gasteiger partial charge in [-0.1, -0.05) is 30.3 Å². The SMILES string of the molecule is C=C(Cl)CC1(C(=O)OCC)Nc2ccccc2C1=O. The van der Waals surface area contributed by atoms with Crippen molar-refractivity contribution in [1.29, 1.82) is 0 Å². The highest BCUT2D eigenvalue weighted by atomic mass is 35.5. The highest BCUT2D eigenvalue weighted by Crippen LogP contribution is 2.37. The average Bonchev–Trinajstić information content (AvgIpc) is 2.64. The molecule has 2 rings (SSSR count). The van der Waals surface area contributed by atoms with Crippen molar-refractivity contribution in [3.05, 3.63) is 41.4 Å². The molecule has 1 heterocycles. The van der Waals surface area contributed by atoms with Gasteiger partial charge < -0.3 is 10.1 Å². The molecule has 1 aliphatic heterocycles. The minimum absolute atomic E-state index is 0.000895. The Kier molecular flexibility index (Phi) is 3.62. The summed E-state index contributed by atoms with van der Waals surface area (Å²) in [5.41, 5.74) is -0.412. The predicted molar refractivity (Wildman–Crippen MR) is 73.4 cm³/mol. The summed E-state index contributed by atoms with van der Waals surface area (Å²) in [5.74, 6) is -0.957. The number of Topliss-reactive ketones (excluding diaryl/α,β-unsaturated/α-hetero) is 1. The number of anilines is 1. The number of carbonyl (C=O) groups is 2. The lowest BCUT2D eigenvalue weighted by atomic mass is 9.90. The van der Waals surface area contributed by atoms with E-state index in [0.717, 1.165) is 0 Å². The second-order valence-corrected chi connectivity index (χ2v) is 4.85. The van der Waals surface area contributed by atoms with Crippen LogP contribution in [-0.2, 0) is 9.53 Å². The molecular weight excluding hydrogens is 266 g/mol. The van der Waals surface area contributed by atoms with Crippen LogP contribution in [0.1, 0.15) is 23.7 Å². The van der Waals surface area contributed by atoms with Crippen molar-refractivity contribution < 1.29 is 14.3 Å². The zero-order valence-electron chi connectivity index (χ0n) is 10.5. The fourth-order valence-electron chi connectivity index (χ4n) is 2.19. The first-order valence-corrected chi connectivity index (χ1v) is 6.31. The van der Waals surface area contributed by atoms with Gasteiger partial charge in [-0.2, -0.15) is 0 Å². The maximum absolute atomic E-state index is 12.5. The molecule has 1 aromatic rings. The van der Waals surface area contributed by atoms with Crippen LogP contribution in [0.5, 0.6) is 0 Å². The Bertz CT molecular complexity index is 555. The van der Waals surface area contributed by atoms with Crippen molar-refractivity contribution >= 4 is 29.0 Å². The maximum atomic E-state index is 12.5. The summed E-state index contributed by atoms with van der Waals surface area (Å²) in [6, 6.07) is 6.94. The minimum atomic E-state index is -1.49. The number of para-hydroxylation sites is 1. The summed E-state index contributed by atoms with van der Waals surface area (Å²) in [4.78, 5) is 24.7. The Morgan fingerprint density at radius 1 is 1.47 bits per heavy atom. The van der Waals surface area contributed by atoms with Crippen LogP contribution in [0.3, 0.4) is 0 Å². The van der Waals surface area contributed by atoms with E-state index in [1.54, 1.807) is 31.2 Å². The molecule has 19 heavy (non-hydrogen) atoms. The van der Waals surface area contributed by atoms with Gasteiger partial charge in [0, 0.05) is 22.7 Å². The smallest absolute Gasteiger partial charge is 0.340 e. The van der Waals surface area contributed by atoms with E-state index in [9.17, 15) is 9.59 Å². The molecule has 1 unspecified atom stereocenters. The third-order valence-corrected chi connectivity index (χ3v) is 3.12. The number of fused-ring (bicyclic) bond motifs is 1. The number of ketones is 1. The zero-order chi connectivity index (χ0) is 14.0. The number of hydrogen-bond acceptors (Lipinski definition) is 4. The number of esters is 1. The molecule has 0 amide bonds. The first-order valence-electron chi connectivity index (χ1n) is 5.94. The third-order valence-electron chi connectivity index (χ3n) is 2.99. The fourth-order valence-corrected chi connectivity index (χ4v) is 2.39. The number of nitrogens with one attached hydrogen (secondary N) is 1. The zero-order valence-corrected chi connectivity index (χ0v) is 11.3. The van der Waals surface area contributed by atoms with Gasteiger partial charge in [-0.15, -0.1) is 0 Å². The van der Waals surface area contributed by atoms with Gasteiger partial charge in [0.1, 0.15) is 0 Å². The number of benzene rings is 1. The van der Waals surface area contributed by atoms with Crippen LogP contribution < -0.4 is 5.32 Å². The van der Waals surface area contributed by atoms with Crippen LogP contribution in [0.4, 0.5) is 5.69 Å². The van der Waals surface area contributed by atoms with Gasteiger partial charge in [0.2, 0.25) is 11.3 Å². The van der Waals surface area contributed by atoms with Gasteiger partial charge in [0.15, 0.2) is 0 Å². The molecule has 0 aromatic heterocycles. The topological polar surface area (TPSA) is 55.4 Å². The first-order chi connectivity index (χ1) is 9.01. The van der Waals surface area contributed by atoms with E-state index in [4.69, 9.17) is 16.3 Å². The second-order valence-electron chi connectivity index (χ2n) is 4.32. The Morgan fingerprint density at radius 3 is 2.74 bits per heavy atom. The highest BCUT2D eigenvalue weighted by Gasteiger charge is 2.52. The molecule has 4 nitrogen and oxygen atoms in total. The monoisotopic (exact) mass is 279 g/mol. The Hall–Kier alpha value is -1.81. The quantitative estimate of drug-likeness (QED) is 0.680. The van der Waals surface area contributed by atoms with Crippen LogP contribution in [0.15, 0.2) is 35.9 Å². The van der Waals surface area contributed by atoms with Gasteiger partial charge in [-0.3, -0.25) is 4.79 Å². The standard InChI is InChI=1S/C14H14ClNO3/c1-3-19-13(18)14(8-9(2)15)12(17)10-6-4-5-7-11(10)16-14/h4-7,16H,2-3,8H2,1H3. The van der Waals surface area contributed by atoms with Crippen molar-refractivity contribution in [3.63, 3.8) is 0 Å². The average molecular weight is 280 g/mol. The Labute approximate surface area is 116 Å². The van der Waals surface area contributed by atoms with E-state index < -0.39 is 11.5 Å². The fraction of sp³-hybridized carbons (Fsp3) is 0.286. The first kappa shape index (κ1) is 13.6. The van der Waals surface area contributed by atoms with Crippen LogP contribution >= 0.6 is 11.6 Å². The summed E-state index contributed by atoms with van der Waals surface area (Å²) in [7, 11) is 0. The van der Waals surface area contributed by atoms with Crippen LogP contribution in [0.2, 0.25) is 0 Å². The molecule has 1 aromatic carbocycles. The number of hydrogen-bond donors (Lipinski definition) is 1. The van der Waals surface area contributed by atoms with Crippen LogP contribution in [-0.4, -0.2) is 23.9 Å². The lowest BCUT2D eigenvalue weighted by Crippen LogP contribution is -2.50. The van der Waals surface area contributed by atoms with Crippen molar-refractivity contribution in [3.8, 4) is 0 Å². The van der Waals surface area contributed by atoms with E-state index in [1.807, 2.05) is 0 Å². The number of rotatable bonds is 4. The maximum Gasteiger partial charge on any atom is 0.340 e. The Morgan fingerprint density at radius 2 is 2.16 bits per heavy atom. The molecule has 1 N–H and O–H groups in total. The second kappa shape index (κ2) is 5.05. The van der Waals surface area contributed by atoms with Gasteiger partial charge in [0.25, 0.3) is 0 Å². The van der Waals surface area contributed by atoms with Gasteiger partial charge in [0.05, 0.1) is 6.61 Å². The third kappa shape index (κ3) is 2.24. The van der Waals surface area contributed by atoms with E-state index in [-0.39, 0.29) is 23.8 Å². The normalized spacial score (nSPS) is 20.6. The van der Waals surface area contributed by atoms with Gasteiger partial charge in [-0.05, 0) is 19.1 Å². The number of carbonyl (C=O) groups excluding carboxylic acids is 2. The minimum Gasteiger partial charge on any atom is -0.464 e. The lowest BCUT2D eigenvalue weighted by Gasteiger charge is -2.25. The molecule has 5 heteroatoms. The van der Waals surface area contributed by atoms with Crippen molar-refractivity contribution in [2.75, 3.05) is 11.9 Å². The van der Waals surface area contributed by atoms with Crippen molar-refractivity contribution in [2.24, 2.45) is 0 Å². The van der Waals surface area contributed by atoms with E-state index in [2.05, 4.69) is 11.9 Å². The summed E-state index contributed by atoms with van der Waals surface area (Å²) in [5, 5.41) is 3.17. The molecule has 1 atom stereocenters. The number of halogens is 1. The molecule has 0 saturated carbocycles. The van der Waals surface area contributed by atoms with E-state index in [1.165, 1.54) is 0 Å². The van der Waals surface area contributed by atoms with E-state index >= 15 is 0 Å². The molecule has 0 bridgehead atoms. The summed E-state index contributed by atoms with van der Waals surface area (Å²) in [6.07, 6.45) is 0.000895. The lowest BCUT2D eigenvalue weighted by molar-refractivity contribution is -0.146. The Balaban J connectivity index is 2.45. The van der Waals surface area contributed by atoms with Gasteiger partial charge in [-0.25, -0.2) is 4.79 Å². The molecule has 0 radical (unpaired) electrons. The summed E-state index contributed by atoms with van der Waals surface area (Å²) in [6.45, 7) is 5.45. The van der Waals surface area contributed by atoms with Crippen molar-refractivity contribution in [2.45, 2.75) is 18.9 Å². The predicted octanol–water partition coefficient (Wildman–Crippen LogP) is 2.74. The van der Waals surface area contributed by atoms with Gasteiger partial charge >= 0.3 is 5.97 Å². The molecule has 0 spiro atoms. The molecule has 100 valence electrons. The molecular formula is C14H14ClNO3. The molecule has 0 fully saturated rings. The van der Waals surface area contributed by atoms with E-state index in [0.29, 0.717) is 11.3 Å². The molecule has 0 saturated heterocycles. The highest BCUT2D eigenvalue weighted by molar-refractivity contribution is 6.31.